The number of piperidine rings is 1. The van der Waals surface area contributed by atoms with Gasteiger partial charge < -0.3 is 15.2 Å². The molecule has 0 amide bonds. The molecular formula is C25H24ClF3N4O4S. The van der Waals surface area contributed by atoms with Crippen LogP contribution in [0.15, 0.2) is 46.0 Å². The number of halogens is 4. The number of aliphatic carboxylic acids is 1. The molecule has 6 atom stereocenters. The molecule has 0 radical (unpaired) electrons. The molecule has 202 valence electrons. The van der Waals surface area contributed by atoms with E-state index in [4.69, 9.17) is 16.3 Å². The number of ether oxygens (including phenoxy) is 1. The number of alkyl halides is 2. The Labute approximate surface area is 225 Å². The topological polar surface area (TPSA) is 104 Å². The van der Waals surface area contributed by atoms with Gasteiger partial charge in [-0.05, 0) is 24.8 Å². The Hall–Kier alpha value is -2.96. The number of amidine groups is 1. The van der Waals surface area contributed by atoms with Crippen molar-refractivity contribution in [2.45, 2.75) is 49.7 Å². The number of carboxylic acid groups (broad SMARTS) is 1. The van der Waals surface area contributed by atoms with E-state index in [0.717, 1.165) is 0 Å². The standard InChI is InChI=1S/C25H24ClF3N4O4S/c1-37-25(36)18-14(10-33-15-7-11(9-17(34)35)8-16(33)21(29)20(15)28)31-23(24-30-5-6-38-24)32-22(18)12-3-2-4-13(27)19(12)26/h2-6,11,15-16,20-22H,7-10H2,1H3,(H,31,32)(H,34,35)/t11?,15-,16+,20?,21?,22-/m0/s1. The van der Waals surface area contributed by atoms with Crippen LogP contribution in [-0.2, 0) is 14.3 Å². The minimum Gasteiger partial charge on any atom is -0.481 e. The quantitative estimate of drug-likeness (QED) is 0.485. The second-order valence-electron chi connectivity index (χ2n) is 9.50. The van der Waals surface area contributed by atoms with Gasteiger partial charge in [-0.15, -0.1) is 11.3 Å². The molecule has 2 N–H and O–H groups in total. The molecule has 2 saturated heterocycles. The number of aliphatic imine (C=N–C) groups is 1. The molecular weight excluding hydrogens is 545 g/mol. The number of fused-ring (bicyclic) bond motifs is 2. The van der Waals surface area contributed by atoms with Gasteiger partial charge in [-0.25, -0.2) is 22.9 Å². The average molecular weight is 569 g/mol. The highest BCUT2D eigenvalue weighted by molar-refractivity contribution is 7.11. The largest absolute Gasteiger partial charge is 0.481 e. The van der Waals surface area contributed by atoms with Crippen molar-refractivity contribution >= 4 is 40.7 Å². The summed E-state index contributed by atoms with van der Waals surface area (Å²) in [5.41, 5.74) is 0.517. The molecule has 2 fully saturated rings. The van der Waals surface area contributed by atoms with Crippen LogP contribution < -0.4 is 5.32 Å². The van der Waals surface area contributed by atoms with Crippen molar-refractivity contribution in [3.63, 3.8) is 0 Å². The minimum atomic E-state index is -1.80. The summed E-state index contributed by atoms with van der Waals surface area (Å²) < 4.78 is 49.6. The molecule has 0 aliphatic carbocycles. The highest BCUT2D eigenvalue weighted by Gasteiger charge is 2.55. The van der Waals surface area contributed by atoms with Gasteiger partial charge in [-0.1, -0.05) is 23.7 Å². The average Bonchev–Trinajstić information content (AvgIpc) is 3.47. The minimum absolute atomic E-state index is 0.0261. The number of carbonyl (C=O) groups is 2. The first-order valence-corrected chi connectivity index (χ1v) is 13.2. The SMILES string of the molecule is COC(=O)C1=C(CN2[C@@H]3CC(CC(=O)O)C[C@H]2C(F)C3F)NC(c2nccs2)=N[C@H]1c1cccc(F)c1Cl. The number of esters is 1. The van der Waals surface area contributed by atoms with Crippen molar-refractivity contribution in [1.82, 2.24) is 15.2 Å². The highest BCUT2D eigenvalue weighted by Crippen LogP contribution is 2.44. The maximum absolute atomic E-state index is 15.1. The lowest BCUT2D eigenvalue weighted by Crippen LogP contribution is -2.49. The lowest BCUT2D eigenvalue weighted by atomic mass is 9.87. The van der Waals surface area contributed by atoms with Crippen LogP contribution in [0.2, 0.25) is 5.02 Å². The molecule has 38 heavy (non-hydrogen) atoms. The fourth-order valence-electron chi connectivity index (χ4n) is 5.65. The van der Waals surface area contributed by atoms with Crippen LogP contribution in [0.25, 0.3) is 0 Å². The molecule has 1 aromatic heterocycles. The zero-order valence-electron chi connectivity index (χ0n) is 20.1. The van der Waals surface area contributed by atoms with E-state index < -0.39 is 48.2 Å². The summed E-state index contributed by atoms with van der Waals surface area (Å²) in [5, 5.41) is 14.3. The smallest absolute Gasteiger partial charge is 0.338 e. The summed E-state index contributed by atoms with van der Waals surface area (Å²) in [6.07, 6.45) is -1.87. The van der Waals surface area contributed by atoms with E-state index in [1.165, 1.54) is 30.6 Å². The summed E-state index contributed by atoms with van der Waals surface area (Å²) >= 11 is 7.57. The lowest BCUT2D eigenvalue weighted by Gasteiger charge is -2.39. The zero-order valence-corrected chi connectivity index (χ0v) is 21.7. The van der Waals surface area contributed by atoms with Gasteiger partial charge in [-0.2, -0.15) is 0 Å². The van der Waals surface area contributed by atoms with E-state index >= 15 is 8.78 Å². The van der Waals surface area contributed by atoms with Crippen molar-refractivity contribution in [3.05, 3.63) is 62.5 Å². The molecule has 1 aromatic carbocycles. The normalized spacial score (nSPS) is 29.1. The number of thiazole rings is 1. The monoisotopic (exact) mass is 568 g/mol. The molecule has 13 heteroatoms. The van der Waals surface area contributed by atoms with Crippen LogP contribution in [0.1, 0.15) is 35.9 Å². The molecule has 3 unspecified atom stereocenters. The lowest BCUT2D eigenvalue weighted by molar-refractivity contribution is -0.139. The van der Waals surface area contributed by atoms with E-state index in [9.17, 15) is 19.1 Å². The molecule has 2 aromatic rings. The van der Waals surface area contributed by atoms with Gasteiger partial charge in [0.1, 0.15) is 24.2 Å². The Kier molecular flexibility index (Phi) is 7.47. The van der Waals surface area contributed by atoms with Crippen LogP contribution >= 0.6 is 22.9 Å². The number of carbonyl (C=O) groups excluding carboxylic acids is 1. The van der Waals surface area contributed by atoms with Crippen LogP contribution in [0, 0.1) is 11.7 Å². The Bertz CT molecular complexity index is 1290. The third kappa shape index (κ3) is 4.80. The predicted molar refractivity (Wildman–Crippen MR) is 134 cm³/mol. The first kappa shape index (κ1) is 26.6. The van der Waals surface area contributed by atoms with Crippen LogP contribution in [0.3, 0.4) is 0 Å². The molecule has 2 bridgehead atoms. The number of methoxy groups -OCH3 is 1. The summed E-state index contributed by atoms with van der Waals surface area (Å²) in [4.78, 5) is 34.9. The Morgan fingerprint density at radius 3 is 2.58 bits per heavy atom. The second kappa shape index (κ2) is 10.7. The molecule has 3 aliphatic heterocycles. The van der Waals surface area contributed by atoms with Crippen molar-refractivity contribution in [2.75, 3.05) is 13.7 Å². The van der Waals surface area contributed by atoms with Crippen LogP contribution in [0.5, 0.6) is 0 Å². The number of aromatic nitrogens is 1. The maximum Gasteiger partial charge on any atom is 0.338 e. The number of nitrogens with one attached hydrogen (secondary N) is 1. The van der Waals surface area contributed by atoms with Crippen molar-refractivity contribution in [1.29, 1.82) is 0 Å². The molecule has 0 saturated carbocycles. The molecule has 5 rings (SSSR count). The summed E-state index contributed by atoms with van der Waals surface area (Å²) in [7, 11) is 1.19. The van der Waals surface area contributed by atoms with E-state index in [1.54, 1.807) is 22.5 Å². The number of hydrogen-bond acceptors (Lipinski definition) is 8. The summed E-state index contributed by atoms with van der Waals surface area (Å²) in [5.74, 6) is -2.55. The number of hydrogen-bond donors (Lipinski definition) is 2. The van der Waals surface area contributed by atoms with Crippen molar-refractivity contribution in [2.24, 2.45) is 10.9 Å². The molecule has 3 aliphatic rings. The van der Waals surface area contributed by atoms with Gasteiger partial charge in [0, 0.05) is 47.9 Å². The van der Waals surface area contributed by atoms with E-state index in [-0.39, 0.29) is 59.4 Å². The van der Waals surface area contributed by atoms with Gasteiger partial charge in [0.2, 0.25) is 0 Å². The maximum atomic E-state index is 15.1. The first-order valence-electron chi connectivity index (χ1n) is 11.9. The number of carboxylic acids is 1. The predicted octanol–water partition coefficient (Wildman–Crippen LogP) is 4.07. The molecule has 8 nitrogen and oxygen atoms in total. The third-order valence-electron chi connectivity index (χ3n) is 7.29. The Morgan fingerprint density at radius 1 is 1.26 bits per heavy atom. The van der Waals surface area contributed by atoms with Crippen molar-refractivity contribution in [3.8, 4) is 0 Å². The Balaban J connectivity index is 1.58. The Morgan fingerprint density at radius 2 is 1.97 bits per heavy atom. The van der Waals surface area contributed by atoms with E-state index in [2.05, 4.69) is 15.3 Å². The van der Waals surface area contributed by atoms with Gasteiger partial charge in [0.25, 0.3) is 0 Å². The van der Waals surface area contributed by atoms with Gasteiger partial charge in [-0.3, -0.25) is 14.7 Å². The fourth-order valence-corrected chi connectivity index (χ4v) is 6.47. The highest BCUT2D eigenvalue weighted by atomic mass is 35.5. The number of rotatable bonds is 7. The van der Waals surface area contributed by atoms with Gasteiger partial charge in [0.05, 0.1) is 17.7 Å². The van der Waals surface area contributed by atoms with Gasteiger partial charge >= 0.3 is 11.9 Å². The van der Waals surface area contributed by atoms with E-state index in [1.807, 2.05) is 0 Å². The second-order valence-corrected chi connectivity index (χ2v) is 10.8. The fraction of sp³-hybridized carbons (Fsp3) is 0.440. The van der Waals surface area contributed by atoms with Crippen molar-refractivity contribution < 1.29 is 32.6 Å². The number of nitrogens with zero attached hydrogens (tertiary/aromatic N) is 3. The summed E-state index contributed by atoms with van der Waals surface area (Å²) in [6, 6.07) is 1.34. The van der Waals surface area contributed by atoms with Gasteiger partial charge in [0.15, 0.2) is 10.8 Å². The first-order chi connectivity index (χ1) is 18.2. The van der Waals surface area contributed by atoms with Crippen LogP contribution in [-0.4, -0.2) is 70.8 Å². The van der Waals surface area contributed by atoms with Crippen LogP contribution in [0.4, 0.5) is 13.2 Å². The number of benzene rings is 1. The zero-order chi connectivity index (χ0) is 27.1. The third-order valence-corrected chi connectivity index (χ3v) is 8.47. The van der Waals surface area contributed by atoms with E-state index in [0.29, 0.717) is 5.01 Å². The molecule has 4 heterocycles. The summed E-state index contributed by atoms with van der Waals surface area (Å²) in [6.45, 7) is -0.0752. The molecule has 0 spiro atoms.